The molecule has 4 heteroatoms. The van der Waals surface area contributed by atoms with E-state index < -0.39 is 0 Å². The van der Waals surface area contributed by atoms with Crippen molar-refractivity contribution < 1.29 is 4.42 Å². The number of aromatic nitrogens is 2. The summed E-state index contributed by atoms with van der Waals surface area (Å²) in [6.07, 6.45) is 2.41. The maximum atomic E-state index is 5.65. The molecule has 0 amide bonds. The highest BCUT2D eigenvalue weighted by atomic mass is 16.3. The summed E-state index contributed by atoms with van der Waals surface area (Å²) in [5.41, 5.74) is 2.16. The fourth-order valence-corrected chi connectivity index (χ4v) is 2.40. The van der Waals surface area contributed by atoms with E-state index in [2.05, 4.69) is 16.5 Å². The minimum Gasteiger partial charge on any atom is -0.460 e. The van der Waals surface area contributed by atoms with Gasteiger partial charge in [-0.3, -0.25) is 4.68 Å². The van der Waals surface area contributed by atoms with E-state index >= 15 is 0 Å². The van der Waals surface area contributed by atoms with E-state index in [9.17, 15) is 0 Å². The Labute approximate surface area is 101 Å². The highest BCUT2D eigenvalue weighted by molar-refractivity contribution is 5.53. The Morgan fingerprint density at radius 1 is 1.47 bits per heavy atom. The second-order valence-corrected chi connectivity index (χ2v) is 4.64. The molecule has 3 heterocycles. The number of nitrogens with zero attached hydrogens (tertiary/aromatic N) is 2. The SMILES string of the molecule is Cc1ccc(-c2cc(C3CCCN3)nn2C)o1. The molecule has 0 aliphatic carbocycles. The van der Waals surface area contributed by atoms with Gasteiger partial charge in [0.15, 0.2) is 5.76 Å². The molecule has 3 rings (SSSR count). The van der Waals surface area contributed by atoms with Crippen LogP contribution in [0.25, 0.3) is 11.5 Å². The molecule has 0 radical (unpaired) electrons. The topological polar surface area (TPSA) is 43.0 Å². The fraction of sp³-hybridized carbons (Fsp3) is 0.462. The van der Waals surface area contributed by atoms with Gasteiger partial charge in [-0.2, -0.15) is 5.10 Å². The van der Waals surface area contributed by atoms with Crippen molar-refractivity contribution in [2.24, 2.45) is 7.05 Å². The predicted molar refractivity (Wildman–Crippen MR) is 65.6 cm³/mol. The molecule has 17 heavy (non-hydrogen) atoms. The molecular formula is C13H17N3O. The van der Waals surface area contributed by atoms with Crippen LogP contribution in [0, 0.1) is 6.92 Å². The van der Waals surface area contributed by atoms with E-state index in [0.29, 0.717) is 6.04 Å². The molecule has 1 N–H and O–H groups in total. The Morgan fingerprint density at radius 3 is 3.00 bits per heavy atom. The van der Waals surface area contributed by atoms with Crippen molar-refractivity contribution in [2.75, 3.05) is 6.54 Å². The summed E-state index contributed by atoms with van der Waals surface area (Å²) in [5.74, 6) is 1.82. The number of hydrogen-bond acceptors (Lipinski definition) is 3. The third-order valence-electron chi connectivity index (χ3n) is 3.31. The lowest BCUT2D eigenvalue weighted by molar-refractivity contribution is 0.540. The van der Waals surface area contributed by atoms with Gasteiger partial charge in [0.2, 0.25) is 0 Å². The Kier molecular flexibility index (Phi) is 2.52. The van der Waals surface area contributed by atoms with Crippen LogP contribution in [0.15, 0.2) is 22.6 Å². The molecule has 1 aliphatic rings. The molecule has 1 unspecified atom stereocenters. The predicted octanol–water partition coefficient (Wildman–Crippen LogP) is 2.41. The molecule has 1 fully saturated rings. The summed E-state index contributed by atoms with van der Waals surface area (Å²) in [5, 5.41) is 8.04. The van der Waals surface area contributed by atoms with E-state index in [1.54, 1.807) is 0 Å². The average Bonchev–Trinajstić information content (AvgIpc) is 2.97. The van der Waals surface area contributed by atoms with Gasteiger partial charge < -0.3 is 9.73 Å². The minimum absolute atomic E-state index is 0.408. The van der Waals surface area contributed by atoms with Crippen LogP contribution in [0.2, 0.25) is 0 Å². The fourth-order valence-electron chi connectivity index (χ4n) is 2.40. The third-order valence-corrected chi connectivity index (χ3v) is 3.31. The highest BCUT2D eigenvalue weighted by Crippen LogP contribution is 2.27. The summed E-state index contributed by atoms with van der Waals surface area (Å²) in [6.45, 7) is 3.05. The Hall–Kier alpha value is -1.55. The molecule has 0 aromatic carbocycles. The van der Waals surface area contributed by atoms with Crippen molar-refractivity contribution >= 4 is 0 Å². The molecule has 2 aromatic heterocycles. The van der Waals surface area contributed by atoms with Gasteiger partial charge in [-0.15, -0.1) is 0 Å². The Bertz CT molecular complexity index is 521. The summed E-state index contributed by atoms with van der Waals surface area (Å²) in [4.78, 5) is 0. The number of rotatable bonds is 2. The van der Waals surface area contributed by atoms with Crippen LogP contribution >= 0.6 is 0 Å². The van der Waals surface area contributed by atoms with Crippen LogP contribution in [-0.2, 0) is 7.05 Å². The van der Waals surface area contributed by atoms with Crippen molar-refractivity contribution in [3.05, 3.63) is 29.7 Å². The first-order valence-corrected chi connectivity index (χ1v) is 6.08. The lowest BCUT2D eigenvalue weighted by atomic mass is 10.1. The molecular weight excluding hydrogens is 214 g/mol. The van der Waals surface area contributed by atoms with Crippen molar-refractivity contribution in [2.45, 2.75) is 25.8 Å². The van der Waals surface area contributed by atoms with E-state index in [1.165, 1.54) is 12.8 Å². The first-order chi connectivity index (χ1) is 8.24. The first-order valence-electron chi connectivity index (χ1n) is 6.08. The molecule has 4 nitrogen and oxygen atoms in total. The van der Waals surface area contributed by atoms with Gasteiger partial charge >= 0.3 is 0 Å². The molecule has 0 saturated carbocycles. The maximum Gasteiger partial charge on any atom is 0.152 e. The summed E-state index contributed by atoms with van der Waals surface area (Å²) < 4.78 is 7.54. The van der Waals surface area contributed by atoms with Gasteiger partial charge in [0.05, 0.1) is 11.7 Å². The zero-order chi connectivity index (χ0) is 11.8. The van der Waals surface area contributed by atoms with Crippen molar-refractivity contribution in [3.63, 3.8) is 0 Å². The van der Waals surface area contributed by atoms with Gasteiger partial charge in [-0.1, -0.05) is 0 Å². The number of nitrogens with one attached hydrogen (secondary N) is 1. The Morgan fingerprint density at radius 2 is 2.35 bits per heavy atom. The molecule has 0 spiro atoms. The molecule has 90 valence electrons. The third kappa shape index (κ3) is 1.89. The summed E-state index contributed by atoms with van der Waals surface area (Å²) >= 11 is 0. The van der Waals surface area contributed by atoms with E-state index in [0.717, 1.165) is 29.5 Å². The Balaban J connectivity index is 1.95. The highest BCUT2D eigenvalue weighted by Gasteiger charge is 2.21. The minimum atomic E-state index is 0.408. The van der Waals surface area contributed by atoms with Gasteiger partial charge in [0.1, 0.15) is 11.5 Å². The van der Waals surface area contributed by atoms with Gasteiger partial charge in [0, 0.05) is 7.05 Å². The monoisotopic (exact) mass is 231 g/mol. The van der Waals surface area contributed by atoms with Gasteiger partial charge in [0.25, 0.3) is 0 Å². The van der Waals surface area contributed by atoms with E-state index in [4.69, 9.17) is 4.42 Å². The normalized spacial score (nSPS) is 20.0. The lowest BCUT2D eigenvalue weighted by Crippen LogP contribution is -2.13. The first kappa shape index (κ1) is 10.6. The van der Waals surface area contributed by atoms with Crippen LogP contribution < -0.4 is 5.32 Å². The summed E-state index contributed by atoms with van der Waals surface area (Å²) in [7, 11) is 1.96. The molecule has 0 bridgehead atoms. The van der Waals surface area contributed by atoms with Crippen LogP contribution in [-0.4, -0.2) is 16.3 Å². The van der Waals surface area contributed by atoms with E-state index in [-0.39, 0.29) is 0 Å². The van der Waals surface area contributed by atoms with E-state index in [1.807, 2.05) is 30.8 Å². The molecule has 1 saturated heterocycles. The standard InChI is InChI=1S/C13H17N3O/c1-9-5-6-13(17-9)12-8-11(15-16(12)2)10-4-3-7-14-10/h5-6,8,10,14H,3-4,7H2,1-2H3. The van der Waals surface area contributed by atoms with Gasteiger partial charge in [-0.05, 0) is 44.5 Å². The largest absolute Gasteiger partial charge is 0.460 e. The van der Waals surface area contributed by atoms with Crippen LogP contribution in [0.4, 0.5) is 0 Å². The van der Waals surface area contributed by atoms with Crippen molar-refractivity contribution in [3.8, 4) is 11.5 Å². The van der Waals surface area contributed by atoms with Crippen LogP contribution in [0.3, 0.4) is 0 Å². The average molecular weight is 231 g/mol. The quantitative estimate of drug-likeness (QED) is 0.863. The maximum absolute atomic E-state index is 5.65. The number of furan rings is 1. The van der Waals surface area contributed by atoms with Crippen molar-refractivity contribution in [1.29, 1.82) is 0 Å². The van der Waals surface area contributed by atoms with Crippen LogP contribution in [0.1, 0.15) is 30.3 Å². The number of hydrogen-bond donors (Lipinski definition) is 1. The molecule has 1 aliphatic heterocycles. The second kappa shape index (κ2) is 4.04. The number of aryl methyl sites for hydroxylation is 2. The van der Waals surface area contributed by atoms with Crippen LogP contribution in [0.5, 0.6) is 0 Å². The molecule has 2 aromatic rings. The zero-order valence-electron chi connectivity index (χ0n) is 10.2. The smallest absolute Gasteiger partial charge is 0.152 e. The zero-order valence-corrected chi connectivity index (χ0v) is 10.2. The van der Waals surface area contributed by atoms with Gasteiger partial charge in [-0.25, -0.2) is 0 Å². The lowest BCUT2D eigenvalue weighted by Gasteiger charge is -2.04. The molecule has 1 atom stereocenters. The van der Waals surface area contributed by atoms with Crippen molar-refractivity contribution in [1.82, 2.24) is 15.1 Å². The summed E-state index contributed by atoms with van der Waals surface area (Å²) in [6, 6.07) is 6.51. The second-order valence-electron chi connectivity index (χ2n) is 4.64.